The zero-order valence-electron chi connectivity index (χ0n) is 14.6. The van der Waals surface area contributed by atoms with Gasteiger partial charge in [-0.25, -0.2) is 9.98 Å². The van der Waals surface area contributed by atoms with Crippen molar-refractivity contribution in [3.05, 3.63) is 53.5 Å². The van der Waals surface area contributed by atoms with E-state index in [4.69, 9.17) is 27.2 Å². The summed E-state index contributed by atoms with van der Waals surface area (Å²) in [7, 11) is 1.56. The van der Waals surface area contributed by atoms with Crippen LogP contribution in [0.2, 0.25) is 0 Å². The largest absolute Gasteiger partial charge is 0.481 e. The molecule has 0 atom stereocenters. The summed E-state index contributed by atoms with van der Waals surface area (Å²) in [6, 6.07) is 11.0. The van der Waals surface area contributed by atoms with E-state index in [9.17, 15) is 0 Å². The number of rotatable bonds is 5. The Hall–Kier alpha value is -3.13. The molecule has 8 heteroatoms. The molecule has 0 bridgehead atoms. The zero-order chi connectivity index (χ0) is 18.7. The summed E-state index contributed by atoms with van der Waals surface area (Å²) in [5.74, 6) is 1.52. The van der Waals surface area contributed by atoms with E-state index in [1.807, 2.05) is 37.3 Å². The van der Waals surface area contributed by atoms with E-state index in [1.165, 1.54) is 0 Å². The molecule has 0 radical (unpaired) electrons. The van der Waals surface area contributed by atoms with E-state index in [-0.39, 0.29) is 4.99 Å². The van der Waals surface area contributed by atoms with Crippen LogP contribution in [0.5, 0.6) is 5.88 Å². The minimum atomic E-state index is 0.190. The minimum Gasteiger partial charge on any atom is -0.481 e. The lowest BCUT2D eigenvalue weighted by Crippen LogP contribution is -2.22. The maximum atomic E-state index is 5.89. The van der Waals surface area contributed by atoms with Gasteiger partial charge in [-0.2, -0.15) is 4.98 Å². The highest BCUT2D eigenvalue weighted by Crippen LogP contribution is 2.22. The predicted octanol–water partition coefficient (Wildman–Crippen LogP) is 3.16. The van der Waals surface area contributed by atoms with Crippen LogP contribution in [-0.2, 0) is 0 Å². The summed E-state index contributed by atoms with van der Waals surface area (Å²) in [6.07, 6.45) is 0. The predicted molar refractivity (Wildman–Crippen MR) is 103 cm³/mol. The van der Waals surface area contributed by atoms with Crippen molar-refractivity contribution in [1.82, 2.24) is 15.1 Å². The van der Waals surface area contributed by atoms with Crippen molar-refractivity contribution in [1.29, 1.82) is 0 Å². The average molecular weight is 367 g/mol. The van der Waals surface area contributed by atoms with Crippen LogP contribution >= 0.6 is 12.2 Å². The second kappa shape index (κ2) is 7.40. The SMILES string of the molecule is COc1cc(/C(=N/c2ccc(-c3noc(C)n3)cc2)C(N)=S)cc(C)n1. The third kappa shape index (κ3) is 3.92. The fraction of sp³-hybridized carbons (Fsp3) is 0.167. The quantitative estimate of drug-likeness (QED) is 0.546. The van der Waals surface area contributed by atoms with Gasteiger partial charge in [0, 0.05) is 29.8 Å². The highest BCUT2D eigenvalue weighted by atomic mass is 32.1. The number of benzene rings is 1. The number of ether oxygens (including phenoxy) is 1. The highest BCUT2D eigenvalue weighted by Gasteiger charge is 2.11. The molecule has 3 aromatic rings. The molecular weight excluding hydrogens is 350 g/mol. The van der Waals surface area contributed by atoms with Crippen molar-refractivity contribution in [2.75, 3.05) is 7.11 Å². The number of nitrogens with two attached hydrogens (primary N) is 1. The van der Waals surface area contributed by atoms with Gasteiger partial charge in [-0.15, -0.1) is 0 Å². The fourth-order valence-electron chi connectivity index (χ4n) is 2.37. The number of aliphatic imine (C=N–C) groups is 1. The smallest absolute Gasteiger partial charge is 0.223 e. The Morgan fingerprint density at radius 3 is 2.46 bits per heavy atom. The van der Waals surface area contributed by atoms with E-state index in [1.54, 1.807) is 20.1 Å². The number of aromatic nitrogens is 3. The summed E-state index contributed by atoms with van der Waals surface area (Å²) in [5, 5.41) is 3.90. The Morgan fingerprint density at radius 2 is 1.88 bits per heavy atom. The topological polar surface area (TPSA) is 99.4 Å². The first-order chi connectivity index (χ1) is 12.5. The lowest BCUT2D eigenvalue weighted by molar-refractivity contribution is 0.394. The van der Waals surface area contributed by atoms with Crippen molar-refractivity contribution < 1.29 is 9.26 Å². The molecule has 2 N–H and O–H groups in total. The molecular formula is C18H17N5O2S. The standard InChI is InChI=1S/C18H17N5O2S/c1-10-8-13(9-15(20-10)24-3)16(17(19)26)22-14-6-4-12(5-7-14)18-21-11(2)25-23-18/h4-9H,1-3H3,(H2,19,26)/b22-16-. The maximum Gasteiger partial charge on any atom is 0.223 e. The Bertz CT molecular complexity index is 980. The Balaban J connectivity index is 1.97. The summed E-state index contributed by atoms with van der Waals surface area (Å²) in [6.45, 7) is 3.61. The summed E-state index contributed by atoms with van der Waals surface area (Å²) < 4.78 is 10.2. The number of pyridine rings is 1. The first-order valence-corrected chi connectivity index (χ1v) is 8.19. The molecule has 0 spiro atoms. The maximum absolute atomic E-state index is 5.89. The van der Waals surface area contributed by atoms with Crippen molar-refractivity contribution in [3.63, 3.8) is 0 Å². The van der Waals surface area contributed by atoms with Crippen LogP contribution < -0.4 is 10.5 Å². The summed E-state index contributed by atoms with van der Waals surface area (Å²) in [5.41, 5.74) is 9.45. The number of aryl methyl sites for hydroxylation is 2. The molecule has 0 aliphatic carbocycles. The van der Waals surface area contributed by atoms with E-state index in [2.05, 4.69) is 20.1 Å². The molecule has 0 saturated heterocycles. The highest BCUT2D eigenvalue weighted by molar-refractivity contribution is 7.82. The molecule has 0 fully saturated rings. The lowest BCUT2D eigenvalue weighted by Gasteiger charge is -2.08. The lowest BCUT2D eigenvalue weighted by atomic mass is 10.1. The summed E-state index contributed by atoms with van der Waals surface area (Å²) in [4.78, 5) is 13.2. The number of nitrogens with zero attached hydrogens (tertiary/aromatic N) is 4. The van der Waals surface area contributed by atoms with E-state index < -0.39 is 0 Å². The van der Waals surface area contributed by atoms with Gasteiger partial charge in [0.15, 0.2) is 0 Å². The van der Waals surface area contributed by atoms with Gasteiger partial charge in [0.05, 0.1) is 12.8 Å². The number of methoxy groups -OCH3 is 1. The third-order valence-electron chi connectivity index (χ3n) is 3.54. The van der Waals surface area contributed by atoms with Gasteiger partial charge in [0.2, 0.25) is 17.6 Å². The second-order valence-electron chi connectivity index (χ2n) is 5.55. The first kappa shape index (κ1) is 17.7. The monoisotopic (exact) mass is 367 g/mol. The molecule has 7 nitrogen and oxygen atoms in total. The zero-order valence-corrected chi connectivity index (χ0v) is 15.4. The Labute approximate surface area is 155 Å². The molecule has 0 amide bonds. The van der Waals surface area contributed by atoms with Gasteiger partial charge in [-0.3, -0.25) is 0 Å². The average Bonchev–Trinajstić information content (AvgIpc) is 3.05. The van der Waals surface area contributed by atoms with Crippen LogP contribution in [0.1, 0.15) is 17.1 Å². The second-order valence-corrected chi connectivity index (χ2v) is 5.99. The van der Waals surface area contributed by atoms with Gasteiger partial charge < -0.3 is 15.0 Å². The molecule has 2 heterocycles. The molecule has 0 saturated carbocycles. The number of thiocarbonyl (C=S) groups is 1. The van der Waals surface area contributed by atoms with Crippen LogP contribution in [0.4, 0.5) is 5.69 Å². The molecule has 3 rings (SSSR count). The van der Waals surface area contributed by atoms with E-state index in [0.29, 0.717) is 29.0 Å². The van der Waals surface area contributed by atoms with E-state index >= 15 is 0 Å². The van der Waals surface area contributed by atoms with Crippen molar-refractivity contribution >= 4 is 28.6 Å². The molecule has 132 valence electrons. The van der Waals surface area contributed by atoms with E-state index in [0.717, 1.165) is 16.8 Å². The Kier molecular flexibility index (Phi) is 5.04. The summed E-state index contributed by atoms with van der Waals surface area (Å²) >= 11 is 5.18. The van der Waals surface area contributed by atoms with Gasteiger partial charge in [0.1, 0.15) is 10.7 Å². The van der Waals surface area contributed by atoms with Crippen LogP contribution in [0.15, 0.2) is 45.9 Å². The molecule has 0 aliphatic rings. The minimum absolute atomic E-state index is 0.190. The van der Waals surface area contributed by atoms with Crippen LogP contribution in [0.3, 0.4) is 0 Å². The van der Waals surface area contributed by atoms with Gasteiger partial charge in [-0.05, 0) is 37.3 Å². The van der Waals surface area contributed by atoms with Crippen molar-refractivity contribution in [3.8, 4) is 17.3 Å². The molecule has 0 unspecified atom stereocenters. The van der Waals surface area contributed by atoms with Crippen molar-refractivity contribution in [2.24, 2.45) is 10.7 Å². The molecule has 1 aromatic carbocycles. The van der Waals surface area contributed by atoms with Gasteiger partial charge in [-0.1, -0.05) is 17.4 Å². The molecule has 0 aliphatic heterocycles. The van der Waals surface area contributed by atoms with Gasteiger partial charge in [0.25, 0.3) is 0 Å². The van der Waals surface area contributed by atoms with Crippen LogP contribution in [0.25, 0.3) is 11.4 Å². The van der Waals surface area contributed by atoms with Crippen LogP contribution in [0, 0.1) is 13.8 Å². The van der Waals surface area contributed by atoms with Crippen LogP contribution in [-0.4, -0.2) is 32.9 Å². The number of hydrogen-bond acceptors (Lipinski definition) is 7. The third-order valence-corrected chi connectivity index (χ3v) is 3.73. The normalized spacial score (nSPS) is 11.4. The Morgan fingerprint density at radius 1 is 1.15 bits per heavy atom. The van der Waals surface area contributed by atoms with Crippen molar-refractivity contribution in [2.45, 2.75) is 13.8 Å². The fourth-order valence-corrected chi connectivity index (χ4v) is 2.54. The molecule has 2 aromatic heterocycles. The first-order valence-electron chi connectivity index (χ1n) is 7.78. The van der Waals surface area contributed by atoms with Gasteiger partial charge >= 0.3 is 0 Å². The molecule has 26 heavy (non-hydrogen) atoms. The number of hydrogen-bond donors (Lipinski definition) is 1.